The van der Waals surface area contributed by atoms with Gasteiger partial charge in [-0.2, -0.15) is 0 Å². The molecule has 1 aliphatic heterocycles. The lowest BCUT2D eigenvalue weighted by Crippen LogP contribution is -2.44. The van der Waals surface area contributed by atoms with Crippen molar-refractivity contribution in [1.82, 2.24) is 10.6 Å². The third-order valence-corrected chi connectivity index (χ3v) is 4.10. The first-order chi connectivity index (χ1) is 12.0. The molecule has 1 atom stereocenters. The van der Waals surface area contributed by atoms with E-state index in [0.29, 0.717) is 22.8 Å². The van der Waals surface area contributed by atoms with Gasteiger partial charge in [0.2, 0.25) is 11.8 Å². The van der Waals surface area contributed by atoms with Crippen molar-refractivity contribution in [1.29, 1.82) is 0 Å². The van der Waals surface area contributed by atoms with E-state index < -0.39 is 11.9 Å². The first-order valence-electron chi connectivity index (χ1n) is 7.75. The molecular weight excluding hydrogens is 342 g/mol. The summed E-state index contributed by atoms with van der Waals surface area (Å²) in [6.45, 7) is 0.318. The molecule has 0 bridgehead atoms. The minimum Gasteiger partial charge on any atom is -0.352 e. The Kier molecular flexibility index (Phi) is 5.00. The fourth-order valence-corrected chi connectivity index (χ4v) is 2.64. The second-order valence-corrected chi connectivity index (χ2v) is 6.10. The van der Waals surface area contributed by atoms with E-state index in [-0.39, 0.29) is 18.2 Å². The molecule has 0 saturated heterocycles. The lowest BCUT2D eigenvalue weighted by Gasteiger charge is -2.14. The predicted octanol–water partition coefficient (Wildman–Crippen LogP) is 2.10. The second kappa shape index (κ2) is 7.36. The summed E-state index contributed by atoms with van der Waals surface area (Å²) in [7, 11) is 0. The van der Waals surface area contributed by atoms with Crippen LogP contribution in [0.2, 0.25) is 5.02 Å². The Morgan fingerprint density at radius 1 is 1.08 bits per heavy atom. The first-order valence-corrected chi connectivity index (χ1v) is 8.12. The number of nitrogens with one attached hydrogen (secondary N) is 3. The summed E-state index contributed by atoms with van der Waals surface area (Å²) in [6.07, 6.45) is -0.140. The molecule has 25 heavy (non-hydrogen) atoms. The van der Waals surface area contributed by atoms with Crippen LogP contribution in [0.1, 0.15) is 22.3 Å². The Balaban J connectivity index is 1.60. The Morgan fingerprint density at radius 3 is 2.56 bits per heavy atom. The van der Waals surface area contributed by atoms with Crippen LogP contribution >= 0.6 is 11.6 Å². The maximum atomic E-state index is 12.2. The van der Waals surface area contributed by atoms with Gasteiger partial charge in [-0.1, -0.05) is 35.9 Å². The minimum absolute atomic E-state index is 0.140. The molecule has 0 spiro atoms. The van der Waals surface area contributed by atoms with Crippen molar-refractivity contribution in [3.05, 3.63) is 64.7 Å². The van der Waals surface area contributed by atoms with Gasteiger partial charge in [0.15, 0.2) is 0 Å². The van der Waals surface area contributed by atoms with E-state index in [4.69, 9.17) is 11.6 Å². The van der Waals surface area contributed by atoms with E-state index in [0.717, 1.165) is 5.56 Å². The first kappa shape index (κ1) is 17.0. The Morgan fingerprint density at radius 2 is 1.80 bits per heavy atom. The lowest BCUT2D eigenvalue weighted by molar-refractivity contribution is -0.125. The predicted molar refractivity (Wildman–Crippen MR) is 94.2 cm³/mol. The zero-order valence-corrected chi connectivity index (χ0v) is 14.0. The van der Waals surface area contributed by atoms with Gasteiger partial charge in [0, 0.05) is 11.6 Å². The van der Waals surface area contributed by atoms with Gasteiger partial charge in [-0.25, -0.2) is 0 Å². The molecule has 0 aromatic heterocycles. The topological polar surface area (TPSA) is 87.3 Å². The molecule has 0 aliphatic carbocycles. The largest absolute Gasteiger partial charge is 0.352 e. The molecular formula is C18H16ClN3O3. The summed E-state index contributed by atoms with van der Waals surface area (Å²) in [5, 5.41) is 8.61. The molecule has 7 heteroatoms. The van der Waals surface area contributed by atoms with Gasteiger partial charge in [0.25, 0.3) is 5.91 Å². The normalized spacial score (nSPS) is 16.3. The average Bonchev–Trinajstić information content (AvgIpc) is 2.71. The molecule has 128 valence electrons. The van der Waals surface area contributed by atoms with Crippen LogP contribution in [0, 0.1) is 0 Å². The van der Waals surface area contributed by atoms with Gasteiger partial charge in [0.05, 0.1) is 17.7 Å². The van der Waals surface area contributed by atoms with Gasteiger partial charge in [-0.15, -0.1) is 0 Å². The molecule has 2 aromatic carbocycles. The van der Waals surface area contributed by atoms with E-state index in [1.807, 2.05) is 0 Å². The molecule has 1 aliphatic rings. The highest BCUT2D eigenvalue weighted by Gasteiger charge is 2.29. The molecule has 0 fully saturated rings. The van der Waals surface area contributed by atoms with E-state index in [1.54, 1.807) is 48.5 Å². The Hall–Kier alpha value is -2.86. The van der Waals surface area contributed by atoms with Crippen molar-refractivity contribution in [3.8, 4) is 0 Å². The number of rotatable bonds is 4. The molecule has 2 aromatic rings. The van der Waals surface area contributed by atoms with Crippen molar-refractivity contribution in [2.24, 2.45) is 0 Å². The third kappa shape index (κ3) is 4.16. The highest BCUT2D eigenvalue weighted by Crippen LogP contribution is 2.18. The monoisotopic (exact) mass is 357 g/mol. The van der Waals surface area contributed by atoms with Crippen LogP contribution in [0.4, 0.5) is 5.69 Å². The molecule has 0 radical (unpaired) electrons. The Bertz CT molecular complexity index is 821. The maximum Gasteiger partial charge on any atom is 0.254 e. The zero-order valence-electron chi connectivity index (χ0n) is 13.2. The van der Waals surface area contributed by atoms with Crippen molar-refractivity contribution in [3.63, 3.8) is 0 Å². The summed E-state index contributed by atoms with van der Waals surface area (Å²) in [6, 6.07) is 12.9. The third-order valence-electron chi connectivity index (χ3n) is 3.84. The van der Waals surface area contributed by atoms with Crippen molar-refractivity contribution in [2.45, 2.75) is 19.0 Å². The van der Waals surface area contributed by atoms with Crippen LogP contribution in [-0.2, 0) is 16.1 Å². The van der Waals surface area contributed by atoms with E-state index in [1.165, 1.54) is 0 Å². The molecule has 0 unspecified atom stereocenters. The number of hydrogen-bond donors (Lipinski definition) is 3. The number of carbonyl (C=O) groups is 3. The molecule has 3 amide bonds. The van der Waals surface area contributed by atoms with E-state index >= 15 is 0 Å². The second-order valence-electron chi connectivity index (χ2n) is 5.67. The van der Waals surface area contributed by atoms with Crippen LogP contribution < -0.4 is 16.0 Å². The zero-order chi connectivity index (χ0) is 17.8. The van der Waals surface area contributed by atoms with Crippen LogP contribution in [0.5, 0.6) is 0 Å². The summed E-state index contributed by atoms with van der Waals surface area (Å²) in [5.74, 6) is -1.13. The van der Waals surface area contributed by atoms with Gasteiger partial charge >= 0.3 is 0 Å². The van der Waals surface area contributed by atoms with Crippen molar-refractivity contribution in [2.75, 3.05) is 5.32 Å². The van der Waals surface area contributed by atoms with Gasteiger partial charge in [-0.05, 0) is 29.8 Å². The van der Waals surface area contributed by atoms with Crippen LogP contribution in [0.25, 0.3) is 0 Å². The fourth-order valence-electron chi connectivity index (χ4n) is 2.52. The fraction of sp³-hybridized carbons (Fsp3) is 0.167. The van der Waals surface area contributed by atoms with Gasteiger partial charge in [-0.3, -0.25) is 14.4 Å². The molecule has 1 heterocycles. The van der Waals surface area contributed by atoms with Crippen LogP contribution in [-0.4, -0.2) is 23.8 Å². The molecule has 3 N–H and O–H groups in total. The van der Waals surface area contributed by atoms with E-state index in [9.17, 15) is 14.4 Å². The number of fused-ring (bicyclic) bond motifs is 1. The SMILES string of the molecule is O=C(C[C@H]1NC(=O)c2ccccc2NC1=O)NCc1ccc(Cl)cc1. The summed E-state index contributed by atoms with van der Waals surface area (Å²) in [4.78, 5) is 36.6. The average molecular weight is 358 g/mol. The highest BCUT2D eigenvalue weighted by molar-refractivity contribution is 6.30. The molecule has 6 nitrogen and oxygen atoms in total. The van der Waals surface area contributed by atoms with Crippen LogP contribution in [0.15, 0.2) is 48.5 Å². The Labute approximate surface area is 149 Å². The van der Waals surface area contributed by atoms with Gasteiger partial charge in [0.1, 0.15) is 6.04 Å². The smallest absolute Gasteiger partial charge is 0.254 e. The van der Waals surface area contributed by atoms with Gasteiger partial charge < -0.3 is 16.0 Å². The quantitative estimate of drug-likeness (QED) is 0.783. The summed E-state index contributed by atoms with van der Waals surface area (Å²) in [5.41, 5.74) is 1.70. The highest BCUT2D eigenvalue weighted by atomic mass is 35.5. The number of anilines is 1. The summed E-state index contributed by atoms with van der Waals surface area (Å²) >= 11 is 5.81. The maximum absolute atomic E-state index is 12.2. The molecule has 0 saturated carbocycles. The summed E-state index contributed by atoms with van der Waals surface area (Å²) < 4.78 is 0. The molecule has 3 rings (SSSR count). The standard InChI is InChI=1S/C18H16ClN3O3/c19-12-7-5-11(6-8-12)10-20-16(23)9-15-18(25)21-14-4-2-1-3-13(14)17(24)22-15/h1-8,15H,9-10H2,(H,20,23)(H,21,25)(H,22,24)/t15-/m1/s1. The van der Waals surface area contributed by atoms with Crippen molar-refractivity contribution < 1.29 is 14.4 Å². The number of hydrogen-bond acceptors (Lipinski definition) is 3. The number of para-hydroxylation sites is 1. The number of carbonyl (C=O) groups excluding carboxylic acids is 3. The number of halogens is 1. The minimum atomic E-state index is -0.926. The van der Waals surface area contributed by atoms with Crippen molar-refractivity contribution >= 4 is 35.0 Å². The number of benzene rings is 2. The van der Waals surface area contributed by atoms with Crippen LogP contribution in [0.3, 0.4) is 0 Å². The van der Waals surface area contributed by atoms with E-state index in [2.05, 4.69) is 16.0 Å². The number of amides is 3. The lowest BCUT2D eigenvalue weighted by atomic mass is 10.1.